The maximum absolute atomic E-state index is 15.1. The van der Waals surface area contributed by atoms with E-state index in [9.17, 15) is 14.0 Å². The molecule has 5 heteroatoms. The van der Waals surface area contributed by atoms with Gasteiger partial charge in [0.05, 0.1) is 5.71 Å². The molecule has 0 saturated heterocycles. The Morgan fingerprint density at radius 3 is 1.33 bits per heavy atom. The molecule has 0 aromatic heterocycles. The largest absolute Gasteiger partial charge is 0.207 e. The molecule has 0 saturated carbocycles. The van der Waals surface area contributed by atoms with E-state index in [-0.39, 0.29) is 17.5 Å². The van der Waals surface area contributed by atoms with Gasteiger partial charge in [-0.05, 0) is 74.8 Å². The molecule has 0 atom stereocenters. The number of allylic oxidation sites excluding steroid dienone is 4. The van der Waals surface area contributed by atoms with Crippen molar-refractivity contribution < 1.29 is 13.2 Å². The van der Waals surface area contributed by atoms with Gasteiger partial charge in [0, 0.05) is 33.1 Å². The van der Waals surface area contributed by atoms with Crippen LogP contribution in [-0.2, 0) is 0 Å². The molecule has 2 nitrogen and oxygen atoms in total. The van der Waals surface area contributed by atoms with Crippen LogP contribution in [-0.4, -0.2) is 5.71 Å². The molecule has 0 radical (unpaired) electrons. The number of aliphatic imine (C=N–C) groups is 1. The van der Waals surface area contributed by atoms with Crippen molar-refractivity contribution in [1.82, 2.24) is 0 Å². The van der Waals surface area contributed by atoms with Gasteiger partial charge in [0.15, 0.2) is 0 Å². The fourth-order valence-corrected chi connectivity index (χ4v) is 6.61. The second-order valence-corrected chi connectivity index (χ2v) is 11.1. The maximum Gasteiger partial charge on any atom is 0.206 e. The van der Waals surface area contributed by atoms with E-state index in [0.29, 0.717) is 11.1 Å². The molecule has 2 aliphatic rings. The summed E-state index contributed by atoms with van der Waals surface area (Å²) < 4.78 is 42.2. The Bertz CT molecular complexity index is 2180. The van der Waals surface area contributed by atoms with E-state index in [1.165, 1.54) is 30.3 Å². The molecule has 0 spiro atoms. The van der Waals surface area contributed by atoms with Gasteiger partial charge < -0.3 is 0 Å². The molecule has 0 fully saturated rings. The van der Waals surface area contributed by atoms with Crippen LogP contribution in [0.4, 0.5) is 13.2 Å². The summed E-state index contributed by atoms with van der Waals surface area (Å²) in [6.45, 7) is 0. The molecule has 2 aliphatic carbocycles. The third-order valence-corrected chi connectivity index (χ3v) is 8.61. The van der Waals surface area contributed by atoms with Crippen LogP contribution in [0.3, 0.4) is 0 Å². The van der Waals surface area contributed by atoms with E-state index < -0.39 is 0 Å². The lowest BCUT2D eigenvalue weighted by Gasteiger charge is -2.13. The number of benzene rings is 6. The fourth-order valence-electron chi connectivity index (χ4n) is 6.61. The first-order chi connectivity index (χ1) is 22.0. The number of nitrogens with zero attached hydrogens (tertiary/aromatic N) is 2. The highest BCUT2D eigenvalue weighted by Gasteiger charge is 2.39. The van der Waals surface area contributed by atoms with Crippen molar-refractivity contribution in [1.29, 1.82) is 5.26 Å². The average molecular weight is 587 g/mol. The van der Waals surface area contributed by atoms with Crippen molar-refractivity contribution >= 4 is 38.8 Å². The zero-order valence-electron chi connectivity index (χ0n) is 23.7. The highest BCUT2D eigenvalue weighted by atomic mass is 19.1. The van der Waals surface area contributed by atoms with Crippen LogP contribution >= 0.6 is 0 Å². The summed E-state index contributed by atoms with van der Waals surface area (Å²) in [6, 6.07) is 37.4. The Labute approximate surface area is 257 Å². The second kappa shape index (κ2) is 10.3. The Hall–Kier alpha value is -5.99. The standard InChI is InChI=1S/C40H21F3N2/c41-29-16-12-25(13-17-29)23-4-8-27(9-5-23)35-38-32-3-1-2-31-34(43)21-20-33(37(31)32)39(38)36(40(35)45-22-44)28-10-6-24(7-11-28)26-14-18-30(42)19-15-26/h1-21H. The van der Waals surface area contributed by atoms with Crippen LogP contribution in [0.1, 0.15) is 22.3 Å². The van der Waals surface area contributed by atoms with Gasteiger partial charge in [0.2, 0.25) is 6.19 Å². The minimum absolute atomic E-state index is 0.293. The normalized spacial score (nSPS) is 14.4. The fraction of sp³-hybridized carbons (Fsp3) is 0. The molecule has 0 bridgehead atoms. The number of hydrogen-bond donors (Lipinski definition) is 0. The molecular formula is C40H21F3N2. The predicted molar refractivity (Wildman–Crippen MR) is 174 cm³/mol. The summed E-state index contributed by atoms with van der Waals surface area (Å²) in [7, 11) is 0. The SMILES string of the molecule is N#CN=C1C(c2ccc(-c3ccc(F)cc3)cc2)=C2C(=C1c1ccc(-c3ccc(F)cc3)cc1)c1ccc(F)c3cccc2c13. The van der Waals surface area contributed by atoms with E-state index in [2.05, 4.69) is 4.99 Å². The predicted octanol–water partition coefficient (Wildman–Crippen LogP) is 10.4. The summed E-state index contributed by atoms with van der Waals surface area (Å²) in [5.41, 5.74) is 11.0. The molecule has 0 N–H and O–H groups in total. The molecule has 0 heterocycles. The van der Waals surface area contributed by atoms with Crippen molar-refractivity contribution in [2.45, 2.75) is 0 Å². The summed E-state index contributed by atoms with van der Waals surface area (Å²) in [4.78, 5) is 4.41. The van der Waals surface area contributed by atoms with Gasteiger partial charge >= 0.3 is 0 Å². The van der Waals surface area contributed by atoms with Crippen LogP contribution in [0.15, 0.2) is 132 Å². The topological polar surface area (TPSA) is 36.1 Å². The van der Waals surface area contributed by atoms with Gasteiger partial charge in [-0.25, -0.2) is 13.2 Å². The second-order valence-electron chi connectivity index (χ2n) is 11.1. The number of hydrogen-bond acceptors (Lipinski definition) is 2. The first-order valence-corrected chi connectivity index (χ1v) is 14.4. The van der Waals surface area contributed by atoms with Crippen molar-refractivity contribution in [3.8, 4) is 28.4 Å². The summed E-state index contributed by atoms with van der Waals surface area (Å²) in [6.07, 6.45) is 2.03. The summed E-state index contributed by atoms with van der Waals surface area (Å²) in [5.74, 6) is -0.888. The maximum atomic E-state index is 15.1. The molecular weight excluding hydrogens is 565 g/mol. The highest BCUT2D eigenvalue weighted by molar-refractivity contribution is 6.63. The molecule has 0 unspecified atom stereocenters. The molecule has 0 amide bonds. The number of halogens is 3. The number of nitriles is 1. The zero-order chi connectivity index (χ0) is 30.7. The van der Waals surface area contributed by atoms with E-state index in [1.807, 2.05) is 66.9 Å². The Morgan fingerprint density at radius 1 is 0.444 bits per heavy atom. The molecule has 6 aromatic carbocycles. The van der Waals surface area contributed by atoms with Crippen LogP contribution in [0.5, 0.6) is 0 Å². The first kappa shape index (κ1) is 26.6. The van der Waals surface area contributed by atoms with Gasteiger partial charge in [-0.15, -0.1) is 0 Å². The van der Waals surface area contributed by atoms with Gasteiger partial charge in [0.25, 0.3) is 0 Å². The molecule has 212 valence electrons. The van der Waals surface area contributed by atoms with Crippen LogP contribution in [0, 0.1) is 28.9 Å². The summed E-state index contributed by atoms with van der Waals surface area (Å²) >= 11 is 0. The van der Waals surface area contributed by atoms with E-state index >= 15 is 4.39 Å². The third-order valence-electron chi connectivity index (χ3n) is 8.61. The smallest absolute Gasteiger partial charge is 0.206 e. The van der Waals surface area contributed by atoms with E-state index in [1.54, 1.807) is 36.4 Å². The first-order valence-electron chi connectivity index (χ1n) is 14.4. The minimum atomic E-state index is -0.297. The summed E-state index contributed by atoms with van der Waals surface area (Å²) in [5, 5.41) is 11.3. The monoisotopic (exact) mass is 586 g/mol. The lowest BCUT2D eigenvalue weighted by atomic mass is 9.91. The highest BCUT2D eigenvalue weighted by Crippen LogP contribution is 2.57. The Kier molecular flexibility index (Phi) is 6.11. The lowest BCUT2D eigenvalue weighted by Crippen LogP contribution is -2.04. The van der Waals surface area contributed by atoms with Crippen LogP contribution in [0.2, 0.25) is 0 Å². The molecule has 8 rings (SSSR count). The van der Waals surface area contributed by atoms with Crippen molar-refractivity contribution in [2.75, 3.05) is 0 Å². The zero-order valence-corrected chi connectivity index (χ0v) is 23.7. The van der Waals surface area contributed by atoms with Crippen molar-refractivity contribution in [2.24, 2.45) is 4.99 Å². The minimum Gasteiger partial charge on any atom is -0.207 e. The Balaban J connectivity index is 1.34. The van der Waals surface area contributed by atoms with Gasteiger partial charge in [-0.2, -0.15) is 10.3 Å². The van der Waals surface area contributed by atoms with Crippen LogP contribution in [0.25, 0.3) is 55.3 Å². The van der Waals surface area contributed by atoms with E-state index in [0.717, 1.165) is 72.2 Å². The van der Waals surface area contributed by atoms with Crippen molar-refractivity contribution in [3.05, 3.63) is 167 Å². The van der Waals surface area contributed by atoms with Crippen molar-refractivity contribution in [3.63, 3.8) is 0 Å². The Morgan fingerprint density at radius 2 is 0.867 bits per heavy atom. The quantitative estimate of drug-likeness (QED) is 0.189. The van der Waals surface area contributed by atoms with Crippen LogP contribution < -0.4 is 0 Å². The molecule has 45 heavy (non-hydrogen) atoms. The van der Waals surface area contributed by atoms with Gasteiger partial charge in [0.1, 0.15) is 17.5 Å². The van der Waals surface area contributed by atoms with E-state index in [4.69, 9.17) is 0 Å². The number of rotatable bonds is 4. The third kappa shape index (κ3) is 4.22. The molecule has 6 aromatic rings. The lowest BCUT2D eigenvalue weighted by molar-refractivity contribution is 0.627. The number of fused-ring (bicyclic) bond motifs is 3. The average Bonchev–Trinajstić information content (AvgIpc) is 3.57. The van der Waals surface area contributed by atoms with Gasteiger partial charge in [-0.3, -0.25) is 0 Å². The molecule has 0 aliphatic heterocycles. The van der Waals surface area contributed by atoms with Gasteiger partial charge in [-0.1, -0.05) is 97.1 Å².